The molecular formula is C13H19NO2. The van der Waals surface area contributed by atoms with Crippen LogP contribution >= 0.6 is 0 Å². The lowest BCUT2D eigenvalue weighted by Crippen LogP contribution is -2.27. The molecule has 1 rings (SSSR count). The van der Waals surface area contributed by atoms with Gasteiger partial charge in [-0.25, -0.2) is 0 Å². The van der Waals surface area contributed by atoms with Gasteiger partial charge in [0, 0.05) is 13.2 Å². The summed E-state index contributed by atoms with van der Waals surface area (Å²) in [6, 6.07) is 8.14. The van der Waals surface area contributed by atoms with Crippen LogP contribution in [0.2, 0.25) is 0 Å². The third-order valence-corrected chi connectivity index (χ3v) is 2.41. The Bertz CT molecular complexity index is 336. The molecule has 88 valence electrons. The molecule has 0 aliphatic heterocycles. The van der Waals surface area contributed by atoms with E-state index in [0.717, 1.165) is 6.42 Å². The molecule has 0 spiro atoms. The van der Waals surface area contributed by atoms with Crippen molar-refractivity contribution in [1.82, 2.24) is 5.32 Å². The maximum absolute atomic E-state index is 11.3. The van der Waals surface area contributed by atoms with Crippen molar-refractivity contribution in [3.05, 3.63) is 35.4 Å². The molecule has 3 nitrogen and oxygen atoms in total. The highest BCUT2D eigenvalue weighted by Crippen LogP contribution is 2.08. The topological polar surface area (TPSA) is 38.3 Å². The molecule has 0 aliphatic carbocycles. The van der Waals surface area contributed by atoms with Gasteiger partial charge in [-0.05, 0) is 24.5 Å². The molecule has 0 fully saturated rings. The van der Waals surface area contributed by atoms with E-state index in [1.807, 2.05) is 25.1 Å². The first-order chi connectivity index (χ1) is 7.77. The minimum Gasteiger partial charge on any atom is -0.372 e. The van der Waals surface area contributed by atoms with Crippen LogP contribution in [0.25, 0.3) is 0 Å². The fourth-order valence-corrected chi connectivity index (χ4v) is 1.51. The van der Waals surface area contributed by atoms with Crippen LogP contribution in [0.4, 0.5) is 0 Å². The van der Waals surface area contributed by atoms with Gasteiger partial charge >= 0.3 is 0 Å². The van der Waals surface area contributed by atoms with Gasteiger partial charge in [0.25, 0.3) is 0 Å². The molecule has 0 saturated heterocycles. The number of aryl methyl sites for hydroxylation is 1. The van der Waals surface area contributed by atoms with Gasteiger partial charge in [0.2, 0.25) is 5.91 Å². The Labute approximate surface area is 96.8 Å². The molecule has 0 bridgehead atoms. The number of rotatable bonds is 6. The van der Waals surface area contributed by atoms with Gasteiger partial charge in [-0.1, -0.05) is 31.2 Å². The molecule has 3 heteroatoms. The van der Waals surface area contributed by atoms with E-state index < -0.39 is 0 Å². The van der Waals surface area contributed by atoms with E-state index in [9.17, 15) is 4.79 Å². The summed E-state index contributed by atoms with van der Waals surface area (Å²) >= 11 is 0. The van der Waals surface area contributed by atoms with Crippen molar-refractivity contribution in [3.63, 3.8) is 0 Å². The van der Waals surface area contributed by atoms with Crippen LogP contribution < -0.4 is 5.32 Å². The Kier molecular flexibility index (Phi) is 5.57. The summed E-state index contributed by atoms with van der Waals surface area (Å²) in [5.41, 5.74) is 2.45. The van der Waals surface area contributed by atoms with Crippen LogP contribution in [-0.4, -0.2) is 19.1 Å². The predicted molar refractivity (Wildman–Crippen MR) is 64.2 cm³/mol. The third-order valence-electron chi connectivity index (χ3n) is 2.41. The zero-order valence-electron chi connectivity index (χ0n) is 9.95. The van der Waals surface area contributed by atoms with E-state index in [-0.39, 0.29) is 12.5 Å². The highest BCUT2D eigenvalue weighted by atomic mass is 16.5. The second kappa shape index (κ2) is 7.01. The lowest BCUT2D eigenvalue weighted by atomic mass is 10.1. The number of benzene rings is 1. The Hall–Kier alpha value is -1.35. The molecule has 1 amide bonds. The summed E-state index contributed by atoms with van der Waals surface area (Å²) in [5, 5.41) is 2.84. The Morgan fingerprint density at radius 1 is 1.25 bits per heavy atom. The summed E-state index contributed by atoms with van der Waals surface area (Å²) in [6.45, 7) is 5.28. The average Bonchev–Trinajstić information content (AvgIpc) is 2.34. The molecule has 0 heterocycles. The van der Waals surface area contributed by atoms with E-state index in [0.29, 0.717) is 13.2 Å². The number of carbonyl (C=O) groups excluding carboxylic acids is 1. The summed E-state index contributed by atoms with van der Waals surface area (Å²) < 4.78 is 5.03. The SMILES string of the molecule is CCOCC(=O)NCc1ccccc1CC. The van der Waals surface area contributed by atoms with Gasteiger partial charge in [-0.2, -0.15) is 0 Å². The number of ether oxygens (including phenoxy) is 1. The molecule has 1 N–H and O–H groups in total. The van der Waals surface area contributed by atoms with E-state index in [2.05, 4.69) is 18.3 Å². The van der Waals surface area contributed by atoms with E-state index in [1.165, 1.54) is 11.1 Å². The van der Waals surface area contributed by atoms with Crippen molar-refractivity contribution >= 4 is 5.91 Å². The number of carbonyl (C=O) groups is 1. The normalized spacial score (nSPS) is 10.1. The summed E-state index contributed by atoms with van der Waals surface area (Å²) in [4.78, 5) is 11.3. The van der Waals surface area contributed by atoms with Crippen LogP contribution in [0.1, 0.15) is 25.0 Å². The molecule has 1 aromatic rings. The average molecular weight is 221 g/mol. The molecule has 1 aromatic carbocycles. The van der Waals surface area contributed by atoms with Crippen LogP contribution in [0.15, 0.2) is 24.3 Å². The van der Waals surface area contributed by atoms with E-state index in [1.54, 1.807) is 0 Å². The van der Waals surface area contributed by atoms with Crippen LogP contribution in [0.5, 0.6) is 0 Å². The van der Waals surface area contributed by atoms with Gasteiger partial charge in [0.05, 0.1) is 0 Å². The second-order valence-corrected chi connectivity index (χ2v) is 3.54. The van der Waals surface area contributed by atoms with Crippen molar-refractivity contribution in [3.8, 4) is 0 Å². The molecular weight excluding hydrogens is 202 g/mol. The van der Waals surface area contributed by atoms with Crippen molar-refractivity contribution in [2.24, 2.45) is 0 Å². The summed E-state index contributed by atoms with van der Waals surface area (Å²) in [5.74, 6) is -0.0623. The second-order valence-electron chi connectivity index (χ2n) is 3.54. The molecule has 0 unspecified atom stereocenters. The van der Waals surface area contributed by atoms with Crippen LogP contribution in [0.3, 0.4) is 0 Å². The minimum atomic E-state index is -0.0623. The molecule has 0 atom stereocenters. The van der Waals surface area contributed by atoms with Gasteiger partial charge in [0.15, 0.2) is 0 Å². The van der Waals surface area contributed by atoms with Crippen molar-refractivity contribution in [1.29, 1.82) is 0 Å². The molecule has 0 aromatic heterocycles. The van der Waals surface area contributed by atoms with Gasteiger partial charge in [0.1, 0.15) is 6.61 Å². The van der Waals surface area contributed by atoms with E-state index >= 15 is 0 Å². The number of amides is 1. The van der Waals surface area contributed by atoms with E-state index in [4.69, 9.17) is 4.74 Å². The molecule has 16 heavy (non-hydrogen) atoms. The van der Waals surface area contributed by atoms with Crippen molar-refractivity contribution in [2.75, 3.05) is 13.2 Å². The third kappa shape index (κ3) is 4.03. The van der Waals surface area contributed by atoms with Gasteiger partial charge < -0.3 is 10.1 Å². The first-order valence-corrected chi connectivity index (χ1v) is 5.69. The highest BCUT2D eigenvalue weighted by molar-refractivity contribution is 5.77. The lowest BCUT2D eigenvalue weighted by molar-refractivity contribution is -0.125. The fourth-order valence-electron chi connectivity index (χ4n) is 1.51. The maximum Gasteiger partial charge on any atom is 0.246 e. The number of hydrogen-bond donors (Lipinski definition) is 1. The zero-order chi connectivity index (χ0) is 11.8. The smallest absolute Gasteiger partial charge is 0.246 e. The summed E-state index contributed by atoms with van der Waals surface area (Å²) in [7, 11) is 0. The highest BCUT2D eigenvalue weighted by Gasteiger charge is 2.03. The largest absolute Gasteiger partial charge is 0.372 e. The molecule has 0 saturated carbocycles. The quantitative estimate of drug-likeness (QED) is 0.796. The minimum absolute atomic E-state index is 0.0623. The lowest BCUT2D eigenvalue weighted by Gasteiger charge is -2.09. The summed E-state index contributed by atoms with van der Waals surface area (Å²) in [6.07, 6.45) is 0.984. The van der Waals surface area contributed by atoms with Crippen molar-refractivity contribution < 1.29 is 9.53 Å². The van der Waals surface area contributed by atoms with Gasteiger partial charge in [-0.15, -0.1) is 0 Å². The Balaban J connectivity index is 2.44. The maximum atomic E-state index is 11.3. The molecule has 0 radical (unpaired) electrons. The number of nitrogens with one attached hydrogen (secondary N) is 1. The monoisotopic (exact) mass is 221 g/mol. The Morgan fingerprint density at radius 3 is 2.56 bits per heavy atom. The number of hydrogen-bond acceptors (Lipinski definition) is 2. The standard InChI is InChI=1S/C13H19NO2/c1-3-11-7-5-6-8-12(11)9-14-13(15)10-16-4-2/h5-8H,3-4,9-10H2,1-2H3,(H,14,15). The van der Waals surface area contributed by atoms with Crippen LogP contribution in [-0.2, 0) is 22.5 Å². The van der Waals surface area contributed by atoms with Crippen LogP contribution in [0, 0.1) is 0 Å². The first kappa shape index (κ1) is 12.7. The molecule has 0 aliphatic rings. The fraction of sp³-hybridized carbons (Fsp3) is 0.462. The first-order valence-electron chi connectivity index (χ1n) is 5.69. The van der Waals surface area contributed by atoms with Crippen molar-refractivity contribution in [2.45, 2.75) is 26.8 Å². The Morgan fingerprint density at radius 2 is 1.94 bits per heavy atom. The van der Waals surface area contributed by atoms with Gasteiger partial charge in [-0.3, -0.25) is 4.79 Å². The zero-order valence-corrected chi connectivity index (χ0v) is 9.95. The predicted octanol–water partition coefficient (Wildman–Crippen LogP) is 1.90.